The quantitative estimate of drug-likeness (QED) is 0.720. The van der Waals surface area contributed by atoms with Crippen molar-refractivity contribution in [3.05, 3.63) is 6.33 Å². The molecule has 1 aliphatic rings. The van der Waals surface area contributed by atoms with Crippen LogP contribution in [0.1, 0.15) is 6.42 Å². The molecule has 2 aromatic heterocycles. The highest BCUT2D eigenvalue weighted by Crippen LogP contribution is 2.20. The molecule has 7 nitrogen and oxygen atoms in total. The van der Waals surface area contributed by atoms with E-state index in [1.807, 2.05) is 0 Å². The first-order valence-corrected chi connectivity index (χ1v) is 5.60. The van der Waals surface area contributed by atoms with Crippen LogP contribution in [0.15, 0.2) is 6.33 Å². The maximum Gasteiger partial charge on any atom is 0.226 e. The zero-order chi connectivity index (χ0) is 11.7. The number of ether oxygens (including phenoxy) is 1. The van der Waals surface area contributed by atoms with Crippen LogP contribution >= 0.6 is 0 Å². The van der Waals surface area contributed by atoms with Crippen molar-refractivity contribution in [3.63, 3.8) is 0 Å². The minimum Gasteiger partial charge on any atom is -0.379 e. The molecular formula is C10H14N6O. The topological polar surface area (TPSA) is 87.8 Å². The first-order chi connectivity index (χ1) is 8.36. The number of aromatic amines is 1. The van der Waals surface area contributed by atoms with E-state index in [1.165, 1.54) is 0 Å². The van der Waals surface area contributed by atoms with Gasteiger partial charge in [0, 0.05) is 13.7 Å². The highest BCUT2D eigenvalue weighted by atomic mass is 16.5. The molecule has 0 saturated carbocycles. The molecule has 0 bridgehead atoms. The summed E-state index contributed by atoms with van der Waals surface area (Å²) in [7, 11) is 1.79. The summed E-state index contributed by atoms with van der Waals surface area (Å²) in [4.78, 5) is 15.8. The van der Waals surface area contributed by atoms with Crippen molar-refractivity contribution in [3.8, 4) is 0 Å². The molecule has 0 aromatic carbocycles. The largest absolute Gasteiger partial charge is 0.379 e. The van der Waals surface area contributed by atoms with Gasteiger partial charge in [-0.3, -0.25) is 0 Å². The lowest BCUT2D eigenvalue weighted by Gasteiger charge is -2.12. The van der Waals surface area contributed by atoms with Crippen LogP contribution in [0.25, 0.3) is 11.2 Å². The third kappa shape index (κ3) is 1.89. The van der Waals surface area contributed by atoms with E-state index in [9.17, 15) is 0 Å². The fourth-order valence-electron chi connectivity index (χ4n) is 1.89. The van der Waals surface area contributed by atoms with Crippen LogP contribution < -0.4 is 10.6 Å². The summed E-state index contributed by atoms with van der Waals surface area (Å²) in [5.74, 6) is 1.33. The molecule has 3 N–H and O–H groups in total. The molecule has 3 rings (SSSR count). The third-order valence-corrected chi connectivity index (χ3v) is 2.78. The van der Waals surface area contributed by atoms with Gasteiger partial charge in [0.2, 0.25) is 5.95 Å². The molecule has 1 aliphatic heterocycles. The zero-order valence-electron chi connectivity index (χ0n) is 9.53. The van der Waals surface area contributed by atoms with Gasteiger partial charge in [-0.05, 0) is 6.42 Å². The first kappa shape index (κ1) is 10.3. The number of H-pyrrole nitrogens is 1. The lowest BCUT2D eigenvalue weighted by molar-refractivity contribution is 0.195. The van der Waals surface area contributed by atoms with Gasteiger partial charge in [-0.25, -0.2) is 4.98 Å². The van der Waals surface area contributed by atoms with E-state index in [1.54, 1.807) is 13.4 Å². The van der Waals surface area contributed by atoms with Gasteiger partial charge >= 0.3 is 0 Å². The summed E-state index contributed by atoms with van der Waals surface area (Å²) in [5, 5.41) is 6.28. The number of nitrogens with one attached hydrogen (secondary N) is 3. The number of hydrogen-bond acceptors (Lipinski definition) is 6. The maximum absolute atomic E-state index is 5.33. The molecule has 1 unspecified atom stereocenters. The smallest absolute Gasteiger partial charge is 0.226 e. The van der Waals surface area contributed by atoms with Gasteiger partial charge in [-0.15, -0.1) is 0 Å². The second-order valence-corrected chi connectivity index (χ2v) is 3.95. The predicted octanol–water partition coefficient (Wildman–Crippen LogP) is 0.595. The minimum absolute atomic E-state index is 0.307. The van der Waals surface area contributed by atoms with Crippen molar-refractivity contribution < 1.29 is 4.74 Å². The van der Waals surface area contributed by atoms with E-state index in [2.05, 4.69) is 30.6 Å². The monoisotopic (exact) mass is 234 g/mol. The van der Waals surface area contributed by atoms with Crippen molar-refractivity contribution in [1.29, 1.82) is 0 Å². The van der Waals surface area contributed by atoms with Crippen LogP contribution in [0.5, 0.6) is 0 Å². The molecule has 0 amide bonds. The van der Waals surface area contributed by atoms with Gasteiger partial charge in [0.15, 0.2) is 11.5 Å². The Morgan fingerprint density at radius 2 is 2.41 bits per heavy atom. The number of aromatic nitrogens is 4. The lowest BCUT2D eigenvalue weighted by atomic mass is 10.2. The van der Waals surface area contributed by atoms with E-state index >= 15 is 0 Å². The second-order valence-electron chi connectivity index (χ2n) is 3.95. The summed E-state index contributed by atoms with van der Waals surface area (Å²) in [6.45, 7) is 1.52. The molecule has 1 atom stereocenters. The SMILES string of the molecule is CNc1nc(NC2CCOC2)c2[nH]cnc2n1. The molecular weight excluding hydrogens is 220 g/mol. The summed E-state index contributed by atoms with van der Waals surface area (Å²) in [6.07, 6.45) is 2.61. The highest BCUT2D eigenvalue weighted by molar-refractivity contribution is 5.83. The summed E-state index contributed by atoms with van der Waals surface area (Å²) >= 11 is 0. The molecule has 90 valence electrons. The molecule has 0 aliphatic carbocycles. The van der Waals surface area contributed by atoms with Crippen LogP contribution in [0.2, 0.25) is 0 Å². The Morgan fingerprint density at radius 1 is 1.47 bits per heavy atom. The normalized spacial score (nSPS) is 19.7. The fraction of sp³-hybridized carbons (Fsp3) is 0.500. The Balaban J connectivity index is 1.97. The minimum atomic E-state index is 0.307. The van der Waals surface area contributed by atoms with Crippen LogP contribution in [-0.4, -0.2) is 46.2 Å². The Morgan fingerprint density at radius 3 is 3.18 bits per heavy atom. The van der Waals surface area contributed by atoms with Gasteiger partial charge in [-0.1, -0.05) is 0 Å². The van der Waals surface area contributed by atoms with E-state index in [0.717, 1.165) is 24.4 Å². The van der Waals surface area contributed by atoms with Crippen molar-refractivity contribution in [1.82, 2.24) is 19.9 Å². The predicted molar refractivity (Wildman–Crippen MR) is 64.1 cm³/mol. The third-order valence-electron chi connectivity index (χ3n) is 2.78. The molecule has 3 heterocycles. The van der Waals surface area contributed by atoms with Gasteiger partial charge in [0.1, 0.15) is 5.52 Å². The average molecular weight is 234 g/mol. The number of anilines is 2. The number of imidazole rings is 1. The van der Waals surface area contributed by atoms with Gasteiger partial charge in [0.25, 0.3) is 0 Å². The maximum atomic E-state index is 5.33. The number of hydrogen-bond donors (Lipinski definition) is 3. The van der Waals surface area contributed by atoms with Crippen molar-refractivity contribution in [2.75, 3.05) is 30.9 Å². The number of fused-ring (bicyclic) bond motifs is 1. The molecule has 17 heavy (non-hydrogen) atoms. The molecule has 0 radical (unpaired) electrons. The van der Waals surface area contributed by atoms with Crippen molar-refractivity contribution >= 4 is 22.9 Å². The summed E-state index contributed by atoms with van der Waals surface area (Å²) in [6, 6.07) is 0.307. The zero-order valence-corrected chi connectivity index (χ0v) is 9.53. The average Bonchev–Trinajstić information content (AvgIpc) is 2.98. The Labute approximate surface area is 98.0 Å². The molecule has 1 fully saturated rings. The van der Waals surface area contributed by atoms with Gasteiger partial charge in [0.05, 0.1) is 19.0 Å². The first-order valence-electron chi connectivity index (χ1n) is 5.60. The Bertz CT molecular complexity index is 518. The van der Waals surface area contributed by atoms with Crippen LogP contribution in [-0.2, 0) is 4.74 Å². The van der Waals surface area contributed by atoms with Crippen molar-refractivity contribution in [2.24, 2.45) is 0 Å². The highest BCUT2D eigenvalue weighted by Gasteiger charge is 2.18. The van der Waals surface area contributed by atoms with Crippen molar-refractivity contribution in [2.45, 2.75) is 12.5 Å². The van der Waals surface area contributed by atoms with E-state index in [4.69, 9.17) is 4.74 Å². The summed E-state index contributed by atoms with van der Waals surface area (Å²) < 4.78 is 5.33. The Hall–Kier alpha value is -1.89. The summed E-state index contributed by atoms with van der Waals surface area (Å²) in [5.41, 5.74) is 1.49. The second kappa shape index (κ2) is 4.17. The van der Waals surface area contributed by atoms with E-state index < -0.39 is 0 Å². The fourth-order valence-corrected chi connectivity index (χ4v) is 1.89. The van der Waals surface area contributed by atoms with Crippen LogP contribution in [0.3, 0.4) is 0 Å². The van der Waals surface area contributed by atoms with Crippen LogP contribution in [0, 0.1) is 0 Å². The Kier molecular flexibility index (Phi) is 2.52. The number of nitrogens with zero attached hydrogens (tertiary/aromatic N) is 3. The standard InChI is InChI=1S/C10H14N6O/c1-11-10-15-8-7(12-5-13-8)9(16-10)14-6-2-3-17-4-6/h5-6H,2-4H2,1H3,(H3,11,12,13,14,15,16). The van der Waals surface area contributed by atoms with E-state index in [0.29, 0.717) is 24.2 Å². The molecule has 2 aromatic rings. The molecule has 0 spiro atoms. The molecule has 7 heteroatoms. The number of rotatable bonds is 3. The van der Waals surface area contributed by atoms with Gasteiger partial charge < -0.3 is 20.4 Å². The van der Waals surface area contributed by atoms with E-state index in [-0.39, 0.29) is 0 Å². The van der Waals surface area contributed by atoms with Gasteiger partial charge in [-0.2, -0.15) is 9.97 Å². The molecule has 1 saturated heterocycles. The lowest BCUT2D eigenvalue weighted by Crippen LogP contribution is -2.20. The van der Waals surface area contributed by atoms with Crippen LogP contribution in [0.4, 0.5) is 11.8 Å².